The van der Waals surface area contributed by atoms with E-state index in [-0.39, 0.29) is 6.54 Å². The van der Waals surface area contributed by atoms with E-state index in [1.54, 1.807) is 30.3 Å². The van der Waals surface area contributed by atoms with E-state index in [1.807, 2.05) is 0 Å². The van der Waals surface area contributed by atoms with Gasteiger partial charge in [-0.2, -0.15) is 13.2 Å². The Morgan fingerprint density at radius 3 is 2.44 bits per heavy atom. The van der Waals surface area contributed by atoms with Gasteiger partial charge in [0, 0.05) is 12.6 Å². The van der Waals surface area contributed by atoms with Crippen molar-refractivity contribution < 1.29 is 18.3 Å². The SMILES string of the molecule is OC(c1ccccc1)C1CCCCN1C(F)(F)F. The summed E-state index contributed by atoms with van der Waals surface area (Å²) >= 11 is 0. The van der Waals surface area contributed by atoms with Gasteiger partial charge in [0.25, 0.3) is 0 Å². The first-order chi connectivity index (χ1) is 8.50. The van der Waals surface area contributed by atoms with Crippen molar-refractivity contribution in [3.8, 4) is 0 Å². The van der Waals surface area contributed by atoms with Crippen molar-refractivity contribution >= 4 is 0 Å². The average Bonchev–Trinajstić information content (AvgIpc) is 2.38. The lowest BCUT2D eigenvalue weighted by molar-refractivity contribution is -0.273. The van der Waals surface area contributed by atoms with Crippen LogP contribution in [-0.2, 0) is 0 Å². The zero-order valence-corrected chi connectivity index (χ0v) is 9.90. The van der Waals surface area contributed by atoms with Gasteiger partial charge in [-0.1, -0.05) is 36.8 Å². The molecule has 0 spiro atoms. The predicted octanol–water partition coefficient (Wildman–Crippen LogP) is 3.09. The molecule has 1 aliphatic heterocycles. The first kappa shape index (κ1) is 13.4. The normalized spacial score (nSPS) is 23.9. The van der Waals surface area contributed by atoms with E-state index in [4.69, 9.17) is 0 Å². The molecule has 0 aliphatic carbocycles. The molecule has 0 aromatic heterocycles. The van der Waals surface area contributed by atoms with Gasteiger partial charge < -0.3 is 5.11 Å². The minimum absolute atomic E-state index is 0.0297. The van der Waals surface area contributed by atoms with Gasteiger partial charge in [-0.3, -0.25) is 0 Å². The lowest BCUT2D eigenvalue weighted by atomic mass is 9.93. The number of piperidine rings is 1. The molecule has 0 bridgehead atoms. The minimum Gasteiger partial charge on any atom is -0.387 e. The van der Waals surface area contributed by atoms with Gasteiger partial charge in [0.2, 0.25) is 0 Å². The van der Waals surface area contributed by atoms with Crippen LogP contribution in [0.2, 0.25) is 0 Å². The fourth-order valence-electron chi connectivity index (χ4n) is 2.47. The van der Waals surface area contributed by atoms with Gasteiger partial charge in [0.1, 0.15) is 0 Å². The number of benzene rings is 1. The van der Waals surface area contributed by atoms with Crippen LogP contribution >= 0.6 is 0 Å². The Morgan fingerprint density at radius 2 is 1.83 bits per heavy atom. The highest BCUT2D eigenvalue weighted by Gasteiger charge is 2.45. The molecule has 2 nitrogen and oxygen atoms in total. The molecule has 0 amide bonds. The molecule has 0 saturated carbocycles. The van der Waals surface area contributed by atoms with E-state index in [0.717, 1.165) is 6.42 Å². The van der Waals surface area contributed by atoms with Crippen molar-refractivity contribution in [3.63, 3.8) is 0 Å². The van der Waals surface area contributed by atoms with Crippen LogP contribution in [0.15, 0.2) is 30.3 Å². The number of hydrogen-bond donors (Lipinski definition) is 1. The Morgan fingerprint density at radius 1 is 1.17 bits per heavy atom. The van der Waals surface area contributed by atoms with E-state index in [0.29, 0.717) is 23.3 Å². The minimum atomic E-state index is -4.37. The van der Waals surface area contributed by atoms with Crippen molar-refractivity contribution in [2.75, 3.05) is 6.54 Å². The summed E-state index contributed by atoms with van der Waals surface area (Å²) in [5, 5.41) is 10.1. The highest BCUT2D eigenvalue weighted by molar-refractivity contribution is 5.19. The highest BCUT2D eigenvalue weighted by Crippen LogP contribution is 2.35. The zero-order chi connectivity index (χ0) is 13.2. The molecule has 100 valence electrons. The molecule has 2 unspecified atom stereocenters. The Kier molecular flexibility index (Phi) is 3.92. The molecule has 1 aromatic carbocycles. The Balaban J connectivity index is 2.19. The number of aliphatic hydroxyl groups is 1. The summed E-state index contributed by atoms with van der Waals surface area (Å²) in [6.45, 7) is -0.0297. The monoisotopic (exact) mass is 259 g/mol. The molecule has 1 N–H and O–H groups in total. The van der Waals surface area contributed by atoms with Gasteiger partial charge in [0.15, 0.2) is 0 Å². The topological polar surface area (TPSA) is 23.5 Å². The molecule has 1 heterocycles. The van der Waals surface area contributed by atoms with Crippen LogP contribution in [0.25, 0.3) is 0 Å². The summed E-state index contributed by atoms with van der Waals surface area (Å²) in [6.07, 6.45) is -3.84. The van der Waals surface area contributed by atoms with Crippen molar-refractivity contribution in [2.24, 2.45) is 0 Å². The van der Waals surface area contributed by atoms with E-state index in [1.165, 1.54) is 0 Å². The third-order valence-electron chi connectivity index (χ3n) is 3.38. The van der Waals surface area contributed by atoms with Crippen LogP contribution in [0.5, 0.6) is 0 Å². The lowest BCUT2D eigenvalue weighted by Gasteiger charge is -2.39. The number of alkyl halides is 3. The van der Waals surface area contributed by atoms with Crippen LogP contribution in [0, 0.1) is 0 Å². The van der Waals surface area contributed by atoms with E-state index in [9.17, 15) is 18.3 Å². The van der Waals surface area contributed by atoms with Crippen molar-refractivity contribution in [2.45, 2.75) is 37.7 Å². The first-order valence-electron chi connectivity index (χ1n) is 6.06. The molecule has 0 radical (unpaired) electrons. The third kappa shape index (κ3) is 2.84. The second-order valence-corrected chi connectivity index (χ2v) is 4.58. The van der Waals surface area contributed by atoms with E-state index in [2.05, 4.69) is 0 Å². The van der Waals surface area contributed by atoms with Crippen LogP contribution in [-0.4, -0.2) is 28.9 Å². The molecule has 1 aromatic rings. The molecular formula is C13H16F3NO. The number of likely N-dealkylation sites (tertiary alicyclic amines) is 1. The number of hydrogen-bond acceptors (Lipinski definition) is 2. The molecular weight excluding hydrogens is 243 g/mol. The van der Waals surface area contributed by atoms with Crippen molar-refractivity contribution in [3.05, 3.63) is 35.9 Å². The molecule has 2 rings (SSSR count). The van der Waals surface area contributed by atoms with Crippen LogP contribution in [0.3, 0.4) is 0 Å². The van der Waals surface area contributed by atoms with Crippen molar-refractivity contribution in [1.29, 1.82) is 0 Å². The van der Waals surface area contributed by atoms with Gasteiger partial charge in [-0.05, 0) is 18.4 Å². The molecule has 2 atom stereocenters. The van der Waals surface area contributed by atoms with Crippen LogP contribution in [0.1, 0.15) is 30.9 Å². The summed E-state index contributed by atoms with van der Waals surface area (Å²) in [7, 11) is 0. The summed E-state index contributed by atoms with van der Waals surface area (Å²) in [5.74, 6) is 0. The molecule has 1 aliphatic rings. The first-order valence-corrected chi connectivity index (χ1v) is 6.06. The molecule has 5 heteroatoms. The van der Waals surface area contributed by atoms with E-state index >= 15 is 0 Å². The largest absolute Gasteiger partial charge is 0.460 e. The maximum Gasteiger partial charge on any atom is 0.460 e. The predicted molar refractivity (Wildman–Crippen MR) is 61.8 cm³/mol. The average molecular weight is 259 g/mol. The number of aliphatic hydroxyl groups excluding tert-OH is 1. The van der Waals surface area contributed by atoms with Crippen LogP contribution < -0.4 is 0 Å². The van der Waals surface area contributed by atoms with E-state index < -0.39 is 18.4 Å². The Bertz CT molecular complexity index is 380. The maximum atomic E-state index is 12.9. The summed E-state index contributed by atoms with van der Waals surface area (Å²) < 4.78 is 38.6. The quantitative estimate of drug-likeness (QED) is 0.825. The summed E-state index contributed by atoms with van der Waals surface area (Å²) in [4.78, 5) is 0.466. The van der Waals surface area contributed by atoms with Crippen molar-refractivity contribution in [1.82, 2.24) is 4.90 Å². The summed E-state index contributed by atoms with van der Waals surface area (Å²) in [6, 6.07) is 7.67. The summed E-state index contributed by atoms with van der Waals surface area (Å²) in [5.41, 5.74) is 0.540. The Hall–Kier alpha value is -1.07. The van der Waals surface area contributed by atoms with Gasteiger partial charge >= 0.3 is 6.30 Å². The second kappa shape index (κ2) is 5.28. The molecule has 1 fully saturated rings. The number of halogens is 3. The fraction of sp³-hybridized carbons (Fsp3) is 0.538. The zero-order valence-electron chi connectivity index (χ0n) is 9.90. The standard InChI is InChI=1S/C13H16F3NO/c14-13(15,16)17-9-5-4-8-11(17)12(18)10-6-2-1-3-7-10/h1-3,6-7,11-12,18H,4-5,8-9H2. The van der Waals surface area contributed by atoms with Crippen LogP contribution in [0.4, 0.5) is 13.2 Å². The second-order valence-electron chi connectivity index (χ2n) is 4.58. The molecule has 18 heavy (non-hydrogen) atoms. The Labute approximate surface area is 104 Å². The van der Waals surface area contributed by atoms with Gasteiger partial charge in [0.05, 0.1) is 6.10 Å². The fourth-order valence-corrected chi connectivity index (χ4v) is 2.47. The number of nitrogens with zero attached hydrogens (tertiary/aromatic N) is 1. The third-order valence-corrected chi connectivity index (χ3v) is 3.38. The molecule has 1 saturated heterocycles. The van der Waals surface area contributed by atoms with Gasteiger partial charge in [-0.15, -0.1) is 0 Å². The highest BCUT2D eigenvalue weighted by atomic mass is 19.4. The van der Waals surface area contributed by atoms with Gasteiger partial charge in [-0.25, -0.2) is 4.90 Å². The smallest absolute Gasteiger partial charge is 0.387 e. The lowest BCUT2D eigenvalue weighted by Crippen LogP contribution is -2.50. The number of rotatable bonds is 2. The maximum absolute atomic E-state index is 12.9.